The van der Waals surface area contributed by atoms with E-state index in [0.717, 1.165) is 16.5 Å². The predicted molar refractivity (Wildman–Crippen MR) is 94.1 cm³/mol. The molecule has 0 aliphatic rings. The van der Waals surface area contributed by atoms with Gasteiger partial charge in [0.25, 0.3) is 5.91 Å². The summed E-state index contributed by atoms with van der Waals surface area (Å²) in [6.07, 6.45) is 0. The van der Waals surface area contributed by atoms with Crippen molar-refractivity contribution in [3.63, 3.8) is 0 Å². The number of rotatable bonds is 7. The minimum atomic E-state index is -0.839. The van der Waals surface area contributed by atoms with Crippen LogP contribution in [0.3, 0.4) is 0 Å². The summed E-state index contributed by atoms with van der Waals surface area (Å²) in [5, 5.41) is 2.60. The number of hydrogen-bond acceptors (Lipinski definition) is 3. The maximum Gasteiger partial charge on any atom is 0.258 e. The number of nitrogens with zero attached hydrogens (tertiary/aromatic N) is 1. The van der Waals surface area contributed by atoms with E-state index in [1.807, 2.05) is 19.1 Å². The summed E-state index contributed by atoms with van der Waals surface area (Å²) in [5.74, 6) is -1.77. The first kappa shape index (κ1) is 19.4. The lowest BCUT2D eigenvalue weighted by Gasteiger charge is -2.22. The third-order valence-corrected chi connectivity index (χ3v) is 3.63. The number of carbonyl (C=O) groups excluding carboxylic acids is 2. The molecule has 1 N–H and O–H groups in total. The molecule has 7 heteroatoms. The molecule has 26 heavy (non-hydrogen) atoms. The monoisotopic (exact) mass is 362 g/mol. The summed E-state index contributed by atoms with van der Waals surface area (Å²) >= 11 is 0. The quantitative estimate of drug-likeness (QED) is 0.824. The number of nitrogens with one attached hydrogen (secondary N) is 1. The first-order valence-electron chi connectivity index (χ1n) is 8.06. The van der Waals surface area contributed by atoms with E-state index >= 15 is 0 Å². The molecule has 0 bridgehead atoms. The van der Waals surface area contributed by atoms with Crippen molar-refractivity contribution in [2.45, 2.75) is 13.8 Å². The normalized spacial score (nSPS) is 10.3. The van der Waals surface area contributed by atoms with Crippen molar-refractivity contribution >= 4 is 17.5 Å². The summed E-state index contributed by atoms with van der Waals surface area (Å²) in [4.78, 5) is 24.7. The van der Waals surface area contributed by atoms with Crippen molar-refractivity contribution in [2.24, 2.45) is 0 Å². The van der Waals surface area contributed by atoms with Gasteiger partial charge in [-0.15, -0.1) is 0 Å². The van der Waals surface area contributed by atoms with Gasteiger partial charge in [-0.1, -0.05) is 17.7 Å². The van der Waals surface area contributed by atoms with E-state index in [4.69, 9.17) is 4.74 Å². The van der Waals surface area contributed by atoms with E-state index in [2.05, 4.69) is 5.32 Å². The molecule has 0 aliphatic heterocycles. The Bertz CT molecular complexity index is 779. The maximum atomic E-state index is 13.8. The van der Waals surface area contributed by atoms with Crippen LogP contribution in [0, 0.1) is 18.6 Å². The highest BCUT2D eigenvalue weighted by Crippen LogP contribution is 2.20. The number of hydrogen-bond donors (Lipinski definition) is 1. The number of ether oxygens (including phenoxy) is 1. The van der Waals surface area contributed by atoms with Crippen molar-refractivity contribution in [1.29, 1.82) is 0 Å². The molecule has 5 nitrogen and oxygen atoms in total. The number of halogens is 2. The Kier molecular flexibility index (Phi) is 6.66. The summed E-state index contributed by atoms with van der Waals surface area (Å²) in [7, 11) is 0. The van der Waals surface area contributed by atoms with Crippen LogP contribution in [0.15, 0.2) is 42.5 Å². The van der Waals surface area contributed by atoms with E-state index in [1.165, 1.54) is 13.0 Å². The Morgan fingerprint density at radius 2 is 1.81 bits per heavy atom. The van der Waals surface area contributed by atoms with Crippen molar-refractivity contribution in [3.8, 4) is 5.75 Å². The molecule has 0 saturated carbocycles. The highest BCUT2D eigenvalue weighted by Gasteiger charge is 2.16. The Hall–Kier alpha value is -2.96. The Morgan fingerprint density at radius 3 is 2.42 bits per heavy atom. The highest BCUT2D eigenvalue weighted by atomic mass is 19.1. The third-order valence-electron chi connectivity index (χ3n) is 3.63. The van der Waals surface area contributed by atoms with E-state index in [-0.39, 0.29) is 31.3 Å². The zero-order valence-corrected chi connectivity index (χ0v) is 14.6. The number of carbonyl (C=O) groups is 2. The number of anilines is 1. The molecule has 0 atom stereocenters. The molecule has 0 saturated heterocycles. The van der Waals surface area contributed by atoms with Gasteiger partial charge in [0.2, 0.25) is 5.91 Å². The first-order valence-corrected chi connectivity index (χ1v) is 8.06. The van der Waals surface area contributed by atoms with Gasteiger partial charge in [-0.3, -0.25) is 9.59 Å². The summed E-state index contributed by atoms with van der Waals surface area (Å²) in [5.41, 5.74) is 1.04. The Balaban J connectivity index is 1.84. The van der Waals surface area contributed by atoms with E-state index in [9.17, 15) is 18.4 Å². The molecule has 0 fully saturated rings. The SMILES string of the molecule is CC(=O)N(CCNC(=O)COc1ccc(C)cc1)c1ccc(F)cc1F. The molecule has 138 valence electrons. The Labute approximate surface area is 150 Å². The molecule has 0 unspecified atom stereocenters. The molecule has 2 amide bonds. The second kappa shape index (κ2) is 8.94. The largest absolute Gasteiger partial charge is 0.484 e. The molecule has 0 spiro atoms. The highest BCUT2D eigenvalue weighted by molar-refractivity contribution is 5.91. The predicted octanol–water partition coefficient (Wildman–Crippen LogP) is 2.82. The van der Waals surface area contributed by atoms with Gasteiger partial charge in [0, 0.05) is 26.1 Å². The molecule has 2 aromatic carbocycles. The van der Waals surface area contributed by atoms with Gasteiger partial charge in [0.15, 0.2) is 6.61 Å². The molecule has 0 aliphatic carbocycles. The van der Waals surface area contributed by atoms with Crippen LogP contribution in [0.1, 0.15) is 12.5 Å². The second-order valence-corrected chi connectivity index (χ2v) is 5.72. The third kappa shape index (κ3) is 5.54. The van der Waals surface area contributed by atoms with Crippen LogP contribution in [0.4, 0.5) is 14.5 Å². The van der Waals surface area contributed by atoms with Crippen molar-refractivity contribution in [1.82, 2.24) is 5.32 Å². The first-order chi connectivity index (χ1) is 12.4. The van der Waals surface area contributed by atoms with Crippen LogP contribution >= 0.6 is 0 Å². The van der Waals surface area contributed by atoms with Gasteiger partial charge in [0.1, 0.15) is 17.4 Å². The minimum absolute atomic E-state index is 0.0379. The van der Waals surface area contributed by atoms with E-state index in [1.54, 1.807) is 12.1 Å². The molecule has 0 heterocycles. The number of benzene rings is 2. The fraction of sp³-hybridized carbons (Fsp3) is 0.263. The zero-order valence-electron chi connectivity index (χ0n) is 14.6. The molecular weight excluding hydrogens is 342 g/mol. The van der Waals surface area contributed by atoms with Crippen molar-refractivity contribution in [3.05, 3.63) is 59.7 Å². The fourth-order valence-electron chi connectivity index (χ4n) is 2.29. The lowest BCUT2D eigenvalue weighted by atomic mass is 10.2. The van der Waals surface area contributed by atoms with Gasteiger partial charge in [-0.05, 0) is 31.2 Å². The smallest absolute Gasteiger partial charge is 0.258 e. The van der Waals surface area contributed by atoms with Crippen LogP contribution in [0.5, 0.6) is 5.75 Å². The average Bonchev–Trinajstić information content (AvgIpc) is 2.59. The molecule has 0 radical (unpaired) electrons. The lowest BCUT2D eigenvalue weighted by molar-refractivity contribution is -0.123. The summed E-state index contributed by atoms with van der Waals surface area (Å²) < 4.78 is 32.2. The molecule has 2 rings (SSSR count). The maximum absolute atomic E-state index is 13.8. The van der Waals surface area contributed by atoms with Gasteiger partial charge < -0.3 is 15.0 Å². The van der Waals surface area contributed by atoms with E-state index < -0.39 is 17.5 Å². The van der Waals surface area contributed by atoms with Crippen molar-refractivity contribution in [2.75, 3.05) is 24.6 Å². The van der Waals surface area contributed by atoms with Crippen LogP contribution in [0.2, 0.25) is 0 Å². The second-order valence-electron chi connectivity index (χ2n) is 5.72. The fourth-order valence-corrected chi connectivity index (χ4v) is 2.29. The lowest BCUT2D eigenvalue weighted by Crippen LogP contribution is -2.39. The Morgan fingerprint density at radius 1 is 1.12 bits per heavy atom. The molecular formula is C19H20F2N2O3. The minimum Gasteiger partial charge on any atom is -0.484 e. The number of aryl methyl sites for hydroxylation is 1. The average molecular weight is 362 g/mol. The van der Waals surface area contributed by atoms with E-state index in [0.29, 0.717) is 11.8 Å². The van der Waals surface area contributed by atoms with Crippen LogP contribution in [-0.2, 0) is 9.59 Å². The topological polar surface area (TPSA) is 58.6 Å². The van der Waals surface area contributed by atoms with Gasteiger partial charge in [-0.2, -0.15) is 0 Å². The van der Waals surface area contributed by atoms with Gasteiger partial charge in [-0.25, -0.2) is 8.78 Å². The van der Waals surface area contributed by atoms with Crippen molar-refractivity contribution < 1.29 is 23.1 Å². The summed E-state index contributed by atoms with van der Waals surface area (Å²) in [6.45, 7) is 3.20. The van der Waals surface area contributed by atoms with Crippen LogP contribution < -0.4 is 15.0 Å². The van der Waals surface area contributed by atoms with Gasteiger partial charge >= 0.3 is 0 Å². The van der Waals surface area contributed by atoms with Crippen LogP contribution in [0.25, 0.3) is 0 Å². The standard InChI is InChI=1S/C19H20F2N2O3/c1-13-3-6-16(7-4-13)26-12-19(25)22-9-10-23(14(2)24)18-8-5-15(20)11-17(18)21/h3-8,11H,9-10,12H2,1-2H3,(H,22,25). The van der Waals surface area contributed by atoms with Crippen LogP contribution in [-0.4, -0.2) is 31.5 Å². The van der Waals surface area contributed by atoms with Gasteiger partial charge in [0.05, 0.1) is 5.69 Å². The number of amides is 2. The summed E-state index contributed by atoms with van der Waals surface area (Å²) in [6, 6.07) is 10.2. The molecule has 2 aromatic rings. The zero-order chi connectivity index (χ0) is 19.1. The molecule has 0 aromatic heterocycles.